The van der Waals surface area contributed by atoms with Crippen LogP contribution in [0.15, 0.2) is 55.1 Å². The van der Waals surface area contributed by atoms with Crippen LogP contribution in [-0.4, -0.2) is 62.0 Å². The number of benzene rings is 2. The van der Waals surface area contributed by atoms with Crippen LogP contribution in [0.25, 0.3) is 0 Å². The lowest BCUT2D eigenvalue weighted by molar-refractivity contribution is -0.131. The number of rotatable bonds is 10. The largest absolute Gasteiger partial charge is 0.493 e. The molecule has 0 spiro atoms. The molecule has 1 unspecified atom stereocenters. The number of aliphatic hydroxyl groups is 1. The van der Waals surface area contributed by atoms with Crippen molar-refractivity contribution in [2.75, 3.05) is 44.9 Å². The number of hydrogen-bond acceptors (Lipinski definition) is 6. The molecule has 1 amide bonds. The van der Waals surface area contributed by atoms with Gasteiger partial charge in [-0.3, -0.25) is 4.79 Å². The van der Waals surface area contributed by atoms with E-state index in [2.05, 4.69) is 6.58 Å². The molecule has 1 N–H and O–H groups in total. The summed E-state index contributed by atoms with van der Waals surface area (Å²) >= 11 is 0. The zero-order valence-electron chi connectivity index (χ0n) is 18.8. The van der Waals surface area contributed by atoms with Crippen molar-refractivity contribution in [1.82, 2.24) is 4.90 Å². The summed E-state index contributed by atoms with van der Waals surface area (Å²) in [6.07, 6.45) is 1.31. The van der Waals surface area contributed by atoms with Crippen molar-refractivity contribution in [2.24, 2.45) is 0 Å². The van der Waals surface area contributed by atoms with Crippen molar-refractivity contribution in [3.05, 3.63) is 60.7 Å². The molecular formula is C25H32N2O5. The predicted molar refractivity (Wildman–Crippen MR) is 125 cm³/mol. The van der Waals surface area contributed by atoms with E-state index >= 15 is 0 Å². The van der Waals surface area contributed by atoms with Crippen molar-refractivity contribution in [2.45, 2.75) is 26.0 Å². The van der Waals surface area contributed by atoms with E-state index in [4.69, 9.17) is 14.2 Å². The lowest BCUT2D eigenvalue weighted by atomic mass is 10.1. The molecule has 7 heteroatoms. The van der Waals surface area contributed by atoms with Gasteiger partial charge in [0.25, 0.3) is 0 Å². The zero-order valence-corrected chi connectivity index (χ0v) is 18.8. The van der Waals surface area contributed by atoms with Crippen LogP contribution in [0.4, 0.5) is 5.69 Å². The molecule has 3 rings (SSSR count). The van der Waals surface area contributed by atoms with Gasteiger partial charge in [-0.25, -0.2) is 0 Å². The van der Waals surface area contributed by atoms with E-state index in [1.54, 1.807) is 13.2 Å². The van der Waals surface area contributed by atoms with E-state index in [1.807, 2.05) is 59.2 Å². The average molecular weight is 441 g/mol. The fraction of sp³-hybridized carbons (Fsp3) is 0.400. The monoisotopic (exact) mass is 440 g/mol. The highest BCUT2D eigenvalue weighted by atomic mass is 16.5. The first-order valence-corrected chi connectivity index (χ1v) is 10.9. The molecule has 172 valence electrons. The number of hydrogen-bond donors (Lipinski definition) is 1. The Labute approximate surface area is 189 Å². The van der Waals surface area contributed by atoms with Crippen LogP contribution >= 0.6 is 0 Å². The number of carbonyl (C=O) groups excluding carboxylic acids is 1. The Kier molecular flexibility index (Phi) is 8.39. The maximum Gasteiger partial charge on any atom is 0.224 e. The lowest BCUT2D eigenvalue weighted by Crippen LogP contribution is -2.42. The van der Waals surface area contributed by atoms with Crippen molar-refractivity contribution in [1.29, 1.82) is 0 Å². The van der Waals surface area contributed by atoms with Gasteiger partial charge in [-0.05, 0) is 31.2 Å². The second-order valence-corrected chi connectivity index (χ2v) is 7.58. The van der Waals surface area contributed by atoms with Crippen molar-refractivity contribution in [3.63, 3.8) is 0 Å². The molecule has 2 aromatic carbocycles. The quantitative estimate of drug-likeness (QED) is 0.572. The molecule has 0 saturated carbocycles. The van der Waals surface area contributed by atoms with Crippen LogP contribution in [0.3, 0.4) is 0 Å². The van der Waals surface area contributed by atoms with Gasteiger partial charge in [0.2, 0.25) is 5.91 Å². The maximum absolute atomic E-state index is 12.8. The fourth-order valence-electron chi connectivity index (χ4n) is 3.79. The number of aliphatic hydroxyl groups excluding tert-OH is 1. The summed E-state index contributed by atoms with van der Waals surface area (Å²) in [6.45, 7) is 7.99. The minimum absolute atomic E-state index is 0.0654. The summed E-state index contributed by atoms with van der Waals surface area (Å²) in [5.41, 5.74) is 1.77. The van der Waals surface area contributed by atoms with Crippen LogP contribution in [-0.2, 0) is 11.3 Å². The molecule has 32 heavy (non-hydrogen) atoms. The highest BCUT2D eigenvalue weighted by Crippen LogP contribution is 2.40. The molecule has 0 aromatic heterocycles. The Bertz CT molecular complexity index is 903. The SMILES string of the molecule is C=CCOc1c(OC)ccc2c1CN(CC)C(=O)CCN2CC(O)COc1ccccc1. The van der Waals surface area contributed by atoms with Crippen molar-refractivity contribution < 1.29 is 24.1 Å². The molecule has 0 aliphatic carbocycles. The van der Waals surface area contributed by atoms with E-state index in [0.717, 1.165) is 11.3 Å². The summed E-state index contributed by atoms with van der Waals surface area (Å²) in [5.74, 6) is 1.97. The molecule has 2 aromatic rings. The first-order chi connectivity index (χ1) is 15.6. The third-order valence-corrected chi connectivity index (χ3v) is 5.40. The summed E-state index contributed by atoms with van der Waals surface area (Å²) in [7, 11) is 1.59. The van der Waals surface area contributed by atoms with Gasteiger partial charge in [-0.15, -0.1) is 0 Å². The van der Waals surface area contributed by atoms with Crippen molar-refractivity contribution in [3.8, 4) is 17.2 Å². The molecule has 7 nitrogen and oxygen atoms in total. The lowest BCUT2D eigenvalue weighted by Gasteiger charge is -2.35. The third kappa shape index (κ3) is 5.73. The van der Waals surface area contributed by atoms with Gasteiger partial charge in [0, 0.05) is 37.3 Å². The molecule has 1 atom stereocenters. The molecule has 0 radical (unpaired) electrons. The Morgan fingerprint density at radius 2 is 1.94 bits per heavy atom. The number of amides is 1. The van der Waals surface area contributed by atoms with Gasteiger partial charge < -0.3 is 29.1 Å². The molecule has 0 bridgehead atoms. The summed E-state index contributed by atoms with van der Waals surface area (Å²) < 4.78 is 17.2. The number of anilines is 1. The van der Waals surface area contributed by atoms with Crippen LogP contribution in [0, 0.1) is 0 Å². The minimum atomic E-state index is -0.737. The molecule has 1 heterocycles. The molecule has 0 fully saturated rings. The summed E-state index contributed by atoms with van der Waals surface area (Å²) in [6, 6.07) is 13.2. The fourth-order valence-corrected chi connectivity index (χ4v) is 3.79. The standard InChI is InChI=1S/C25H32N2O5/c1-4-15-31-25-21-17-26(5-2)24(29)13-14-27(22(21)11-12-23(25)30-3)16-19(28)18-32-20-9-7-6-8-10-20/h4,6-12,19,28H,1,5,13-18H2,2-3H3. The van der Waals surface area contributed by atoms with Gasteiger partial charge in [-0.1, -0.05) is 30.9 Å². The summed E-state index contributed by atoms with van der Waals surface area (Å²) in [5, 5.41) is 10.7. The number of β-amino-alcohol motifs (C(OH)–C–C–N with tert-alkyl or cyclic N) is 1. The van der Waals surface area contributed by atoms with Crippen LogP contribution in [0.5, 0.6) is 17.2 Å². The van der Waals surface area contributed by atoms with Crippen LogP contribution in [0.2, 0.25) is 0 Å². The highest BCUT2D eigenvalue weighted by Gasteiger charge is 2.27. The minimum Gasteiger partial charge on any atom is -0.493 e. The summed E-state index contributed by atoms with van der Waals surface area (Å²) in [4.78, 5) is 16.6. The van der Waals surface area contributed by atoms with E-state index < -0.39 is 6.10 Å². The first kappa shape index (κ1) is 23.5. The maximum atomic E-state index is 12.8. The van der Waals surface area contributed by atoms with Gasteiger partial charge in [-0.2, -0.15) is 0 Å². The van der Waals surface area contributed by atoms with Crippen LogP contribution < -0.4 is 19.1 Å². The number of ether oxygens (including phenoxy) is 3. The number of carbonyl (C=O) groups is 1. The van der Waals surface area contributed by atoms with E-state index in [0.29, 0.717) is 56.5 Å². The molecular weight excluding hydrogens is 408 g/mol. The number of methoxy groups -OCH3 is 1. The molecule has 1 aliphatic rings. The Morgan fingerprint density at radius 1 is 1.16 bits per heavy atom. The smallest absolute Gasteiger partial charge is 0.224 e. The predicted octanol–water partition coefficient (Wildman–Crippen LogP) is 3.26. The molecule has 1 aliphatic heterocycles. The van der Waals surface area contributed by atoms with Crippen molar-refractivity contribution >= 4 is 11.6 Å². The Balaban J connectivity index is 1.88. The second-order valence-electron chi connectivity index (χ2n) is 7.58. The average Bonchev–Trinajstić information content (AvgIpc) is 2.82. The van der Waals surface area contributed by atoms with Gasteiger partial charge >= 0.3 is 0 Å². The Morgan fingerprint density at radius 3 is 2.62 bits per heavy atom. The van der Waals surface area contributed by atoms with E-state index in [9.17, 15) is 9.90 Å². The van der Waals surface area contributed by atoms with Gasteiger partial charge in [0.05, 0.1) is 13.7 Å². The van der Waals surface area contributed by atoms with Gasteiger partial charge in [0.1, 0.15) is 25.1 Å². The number of fused-ring (bicyclic) bond motifs is 1. The number of para-hydroxylation sites is 1. The number of nitrogens with zero attached hydrogens (tertiary/aromatic N) is 2. The van der Waals surface area contributed by atoms with E-state index in [-0.39, 0.29) is 12.5 Å². The topological polar surface area (TPSA) is 71.5 Å². The first-order valence-electron chi connectivity index (χ1n) is 10.9. The molecule has 0 saturated heterocycles. The van der Waals surface area contributed by atoms with E-state index in [1.165, 1.54) is 0 Å². The van der Waals surface area contributed by atoms with Crippen LogP contribution in [0.1, 0.15) is 18.9 Å². The third-order valence-electron chi connectivity index (χ3n) is 5.40. The normalized spacial score (nSPS) is 14.8. The highest BCUT2D eigenvalue weighted by molar-refractivity contribution is 5.79. The zero-order chi connectivity index (χ0) is 22.9. The second kappa shape index (κ2) is 11.4. The van der Waals surface area contributed by atoms with Gasteiger partial charge in [0.15, 0.2) is 11.5 Å². The Hall–Kier alpha value is -3.19.